The molecule has 154 valence electrons. The first-order valence-corrected chi connectivity index (χ1v) is 8.93. The highest BCUT2D eigenvalue weighted by Gasteiger charge is 2.23. The van der Waals surface area contributed by atoms with Crippen molar-refractivity contribution in [1.29, 1.82) is 0 Å². The summed E-state index contributed by atoms with van der Waals surface area (Å²) in [5.41, 5.74) is 1.51. The molecule has 0 unspecified atom stereocenters. The Hall–Kier alpha value is -2.67. The summed E-state index contributed by atoms with van der Waals surface area (Å²) in [6.45, 7) is 9.34. The van der Waals surface area contributed by atoms with Gasteiger partial charge in [-0.2, -0.15) is 0 Å². The Labute approximate surface area is 165 Å². The number of hydrogen-bond acceptors (Lipinski definition) is 6. The molecular weight excluding hydrogens is 362 g/mol. The molecule has 2 aromatic rings. The Kier molecular flexibility index (Phi) is 6.61. The van der Waals surface area contributed by atoms with Crippen molar-refractivity contribution in [2.24, 2.45) is 0 Å². The van der Waals surface area contributed by atoms with Crippen LogP contribution in [0.5, 0.6) is 17.2 Å². The number of benzene rings is 2. The summed E-state index contributed by atoms with van der Waals surface area (Å²) >= 11 is 0. The molecule has 0 aliphatic heterocycles. The normalized spacial score (nSPS) is 11.3. The Morgan fingerprint density at radius 3 is 2.14 bits per heavy atom. The van der Waals surface area contributed by atoms with E-state index in [9.17, 15) is 4.79 Å². The molecule has 0 fully saturated rings. The van der Waals surface area contributed by atoms with Gasteiger partial charge in [0.2, 0.25) is 0 Å². The molecule has 7 nitrogen and oxygen atoms in total. The predicted octanol–water partition coefficient (Wildman–Crippen LogP) is 4.80. The quantitative estimate of drug-likeness (QED) is 0.713. The zero-order valence-electron chi connectivity index (χ0n) is 17.8. The first kappa shape index (κ1) is 21.6. The summed E-state index contributed by atoms with van der Waals surface area (Å²) < 4.78 is 27.3. The lowest BCUT2D eigenvalue weighted by molar-refractivity contribution is 0.0507. The van der Waals surface area contributed by atoms with Gasteiger partial charge >= 0.3 is 6.09 Å². The van der Waals surface area contributed by atoms with Crippen LogP contribution < -0.4 is 19.5 Å². The highest BCUT2D eigenvalue weighted by atomic mass is 16.7. The van der Waals surface area contributed by atoms with Crippen LogP contribution in [0.3, 0.4) is 0 Å². The van der Waals surface area contributed by atoms with Crippen molar-refractivity contribution in [2.75, 3.05) is 33.4 Å². The molecular formula is C21H29NO6. The summed E-state index contributed by atoms with van der Waals surface area (Å²) in [5, 5.41) is 4.40. The fraction of sp³-hybridized carbons (Fsp3) is 0.476. The van der Waals surface area contributed by atoms with E-state index < -0.39 is 11.7 Å². The summed E-state index contributed by atoms with van der Waals surface area (Å²) in [6.07, 6.45) is -0.563. The second kappa shape index (κ2) is 8.56. The fourth-order valence-corrected chi connectivity index (χ4v) is 2.99. The van der Waals surface area contributed by atoms with Crippen LogP contribution in [-0.4, -0.2) is 39.8 Å². The first-order valence-electron chi connectivity index (χ1n) is 8.93. The van der Waals surface area contributed by atoms with Crippen LogP contribution in [0.4, 0.5) is 10.5 Å². The monoisotopic (exact) mass is 391 g/mol. The molecule has 0 radical (unpaired) electrons. The molecule has 28 heavy (non-hydrogen) atoms. The van der Waals surface area contributed by atoms with Gasteiger partial charge in [-0.3, -0.25) is 5.32 Å². The number of carbonyl (C=O) groups is 1. The highest BCUT2D eigenvalue weighted by Crippen LogP contribution is 2.45. The average molecular weight is 391 g/mol. The maximum absolute atomic E-state index is 12.4. The SMILES string of the molecule is COCOc1cc2c(OC)c(C)c(NC(=O)OC(C)(C)C)c(OC)c2cc1C. The van der Waals surface area contributed by atoms with E-state index in [1.54, 1.807) is 21.3 Å². The van der Waals surface area contributed by atoms with Crippen LogP contribution in [0.15, 0.2) is 12.1 Å². The molecule has 1 amide bonds. The molecule has 0 bridgehead atoms. The zero-order valence-corrected chi connectivity index (χ0v) is 17.8. The minimum atomic E-state index is -0.615. The highest BCUT2D eigenvalue weighted by molar-refractivity contribution is 6.04. The van der Waals surface area contributed by atoms with Gasteiger partial charge < -0.3 is 23.7 Å². The van der Waals surface area contributed by atoms with Crippen molar-refractivity contribution in [2.45, 2.75) is 40.2 Å². The molecule has 0 heterocycles. The van der Waals surface area contributed by atoms with Gasteiger partial charge in [-0.1, -0.05) is 0 Å². The van der Waals surface area contributed by atoms with E-state index in [1.807, 2.05) is 46.8 Å². The molecule has 2 rings (SSSR count). The van der Waals surface area contributed by atoms with Crippen molar-refractivity contribution in [3.05, 3.63) is 23.3 Å². The number of anilines is 1. The maximum Gasteiger partial charge on any atom is 0.412 e. The minimum Gasteiger partial charge on any atom is -0.496 e. The molecule has 0 saturated heterocycles. The van der Waals surface area contributed by atoms with E-state index in [0.717, 1.165) is 21.9 Å². The van der Waals surface area contributed by atoms with E-state index in [1.165, 1.54) is 0 Å². The number of hydrogen-bond donors (Lipinski definition) is 1. The number of carbonyl (C=O) groups excluding carboxylic acids is 1. The number of ether oxygens (including phenoxy) is 5. The van der Waals surface area contributed by atoms with Crippen LogP contribution in [0.25, 0.3) is 10.8 Å². The average Bonchev–Trinajstić information content (AvgIpc) is 2.60. The van der Waals surface area contributed by atoms with Crippen molar-refractivity contribution < 1.29 is 28.5 Å². The molecule has 0 aliphatic carbocycles. The van der Waals surface area contributed by atoms with Gasteiger partial charge in [0, 0.05) is 23.4 Å². The van der Waals surface area contributed by atoms with E-state index >= 15 is 0 Å². The van der Waals surface area contributed by atoms with Gasteiger partial charge in [-0.05, 0) is 52.3 Å². The van der Waals surface area contributed by atoms with Crippen molar-refractivity contribution in [3.63, 3.8) is 0 Å². The summed E-state index contributed by atoms with van der Waals surface area (Å²) in [6, 6.07) is 3.82. The van der Waals surface area contributed by atoms with Crippen molar-refractivity contribution in [1.82, 2.24) is 0 Å². The summed E-state index contributed by atoms with van der Waals surface area (Å²) in [4.78, 5) is 12.4. The van der Waals surface area contributed by atoms with Gasteiger partial charge in [0.05, 0.1) is 19.9 Å². The lowest BCUT2D eigenvalue weighted by Gasteiger charge is -2.23. The zero-order chi connectivity index (χ0) is 21.1. The van der Waals surface area contributed by atoms with E-state index in [4.69, 9.17) is 23.7 Å². The van der Waals surface area contributed by atoms with Gasteiger partial charge in [-0.25, -0.2) is 4.79 Å². The largest absolute Gasteiger partial charge is 0.496 e. The lowest BCUT2D eigenvalue weighted by Crippen LogP contribution is -2.27. The molecule has 2 aromatic carbocycles. The summed E-state index contributed by atoms with van der Waals surface area (Å²) in [5.74, 6) is 1.83. The van der Waals surface area contributed by atoms with Crippen LogP contribution in [0.1, 0.15) is 31.9 Å². The fourth-order valence-electron chi connectivity index (χ4n) is 2.99. The predicted molar refractivity (Wildman–Crippen MR) is 109 cm³/mol. The molecule has 7 heteroatoms. The first-order chi connectivity index (χ1) is 13.1. The third kappa shape index (κ3) is 4.59. The Morgan fingerprint density at radius 1 is 1.00 bits per heavy atom. The molecule has 0 saturated carbocycles. The third-order valence-electron chi connectivity index (χ3n) is 4.11. The van der Waals surface area contributed by atoms with Gasteiger partial charge in [-0.15, -0.1) is 0 Å². The topological polar surface area (TPSA) is 75.2 Å². The molecule has 1 N–H and O–H groups in total. The van der Waals surface area contributed by atoms with Gasteiger partial charge in [0.25, 0.3) is 0 Å². The second-order valence-corrected chi connectivity index (χ2v) is 7.41. The van der Waals surface area contributed by atoms with Gasteiger partial charge in [0.1, 0.15) is 17.1 Å². The van der Waals surface area contributed by atoms with Gasteiger partial charge in [0.15, 0.2) is 12.5 Å². The molecule has 0 aromatic heterocycles. The lowest BCUT2D eigenvalue weighted by atomic mass is 9.99. The summed E-state index contributed by atoms with van der Waals surface area (Å²) in [7, 11) is 4.71. The number of methoxy groups -OCH3 is 3. The number of rotatable bonds is 6. The maximum atomic E-state index is 12.4. The number of aryl methyl sites for hydroxylation is 1. The Bertz CT molecular complexity index is 870. The van der Waals surface area contributed by atoms with Crippen molar-refractivity contribution in [3.8, 4) is 17.2 Å². The van der Waals surface area contributed by atoms with Crippen LogP contribution in [0, 0.1) is 13.8 Å². The van der Waals surface area contributed by atoms with E-state index in [2.05, 4.69) is 5.32 Å². The Balaban J connectivity index is 2.66. The number of nitrogens with one attached hydrogen (secondary N) is 1. The van der Waals surface area contributed by atoms with Crippen molar-refractivity contribution >= 4 is 22.6 Å². The number of fused-ring (bicyclic) bond motifs is 1. The third-order valence-corrected chi connectivity index (χ3v) is 4.11. The molecule has 0 aliphatic rings. The van der Waals surface area contributed by atoms with Crippen LogP contribution in [0.2, 0.25) is 0 Å². The number of amides is 1. The van der Waals surface area contributed by atoms with E-state index in [0.29, 0.717) is 22.9 Å². The van der Waals surface area contributed by atoms with Crippen LogP contribution >= 0.6 is 0 Å². The second-order valence-electron chi connectivity index (χ2n) is 7.41. The molecule has 0 spiro atoms. The standard InChI is InChI=1S/C21H29NO6/c1-12-9-14-15(10-16(12)27-11-24-6)18(25-7)13(2)17(19(14)26-8)22-20(23)28-21(3,4)5/h9-10H,11H2,1-8H3,(H,22,23). The molecule has 0 atom stereocenters. The van der Waals surface area contributed by atoms with Crippen LogP contribution in [-0.2, 0) is 9.47 Å². The van der Waals surface area contributed by atoms with E-state index in [-0.39, 0.29) is 6.79 Å². The smallest absolute Gasteiger partial charge is 0.412 e. The minimum absolute atomic E-state index is 0.142. The Morgan fingerprint density at radius 2 is 1.61 bits per heavy atom.